The molecular formula is C18H17ClFNO. The molecule has 3 rings (SSSR count). The summed E-state index contributed by atoms with van der Waals surface area (Å²) in [4.78, 5) is 14.5. The van der Waals surface area contributed by atoms with E-state index in [9.17, 15) is 9.18 Å². The molecule has 2 nitrogen and oxygen atoms in total. The number of hydrogen-bond donors (Lipinski definition) is 0. The molecule has 2 aromatic carbocycles. The Balaban J connectivity index is 1.78. The maximum absolute atomic E-state index is 13.4. The quantitative estimate of drug-likeness (QED) is 0.822. The normalized spacial score (nSPS) is 17.7. The third-order valence-electron chi connectivity index (χ3n) is 4.11. The molecule has 1 saturated heterocycles. The Hall–Kier alpha value is -1.87. The van der Waals surface area contributed by atoms with E-state index in [1.165, 1.54) is 12.1 Å². The molecule has 0 unspecified atom stereocenters. The highest BCUT2D eigenvalue weighted by Crippen LogP contribution is 2.33. The first-order chi connectivity index (χ1) is 10.6. The summed E-state index contributed by atoms with van der Waals surface area (Å²) in [5, 5.41) is 0.609. The van der Waals surface area contributed by atoms with Crippen LogP contribution in [-0.4, -0.2) is 17.4 Å². The van der Waals surface area contributed by atoms with E-state index in [0.717, 1.165) is 24.0 Å². The lowest BCUT2D eigenvalue weighted by atomic mass is 10.0. The number of hydrogen-bond acceptors (Lipinski definition) is 1. The van der Waals surface area contributed by atoms with Crippen LogP contribution in [0.3, 0.4) is 0 Å². The molecule has 0 saturated carbocycles. The highest BCUT2D eigenvalue weighted by atomic mass is 35.5. The van der Waals surface area contributed by atoms with Gasteiger partial charge in [0.2, 0.25) is 5.91 Å². The van der Waals surface area contributed by atoms with Crippen LogP contribution in [0.2, 0.25) is 5.02 Å². The molecule has 114 valence electrons. The number of likely N-dealkylation sites (tertiary alicyclic amines) is 1. The molecule has 1 aliphatic heterocycles. The van der Waals surface area contributed by atoms with E-state index < -0.39 is 0 Å². The Kier molecular flexibility index (Phi) is 4.44. The number of carbonyl (C=O) groups is 1. The maximum atomic E-state index is 13.4. The number of rotatable bonds is 3. The van der Waals surface area contributed by atoms with Gasteiger partial charge in [-0.25, -0.2) is 4.39 Å². The first kappa shape index (κ1) is 15.0. The molecule has 4 heteroatoms. The van der Waals surface area contributed by atoms with Crippen LogP contribution in [-0.2, 0) is 11.2 Å². The molecule has 0 aromatic heterocycles. The predicted octanol–water partition coefficient (Wildman–Crippen LogP) is 4.39. The van der Waals surface area contributed by atoms with Crippen molar-refractivity contribution in [2.24, 2.45) is 0 Å². The van der Waals surface area contributed by atoms with Gasteiger partial charge in [-0.2, -0.15) is 0 Å². The van der Waals surface area contributed by atoms with Gasteiger partial charge in [-0.05, 0) is 42.2 Å². The Morgan fingerprint density at radius 1 is 1.23 bits per heavy atom. The van der Waals surface area contributed by atoms with Gasteiger partial charge in [-0.3, -0.25) is 4.79 Å². The minimum absolute atomic E-state index is 0.0364. The summed E-state index contributed by atoms with van der Waals surface area (Å²) in [6, 6.07) is 13.9. The van der Waals surface area contributed by atoms with Gasteiger partial charge in [0.25, 0.3) is 0 Å². The minimum Gasteiger partial charge on any atom is -0.335 e. The fourth-order valence-electron chi connectivity index (χ4n) is 3.03. The van der Waals surface area contributed by atoms with E-state index in [4.69, 9.17) is 11.6 Å². The molecular weight excluding hydrogens is 301 g/mol. The Morgan fingerprint density at radius 2 is 2.05 bits per heavy atom. The second-order valence-corrected chi connectivity index (χ2v) is 5.98. The van der Waals surface area contributed by atoms with Gasteiger partial charge in [0.15, 0.2) is 0 Å². The number of amides is 1. The van der Waals surface area contributed by atoms with Crippen molar-refractivity contribution >= 4 is 17.5 Å². The monoisotopic (exact) mass is 317 g/mol. The van der Waals surface area contributed by atoms with Crippen LogP contribution in [0.1, 0.15) is 30.0 Å². The molecule has 2 aromatic rings. The Morgan fingerprint density at radius 3 is 2.82 bits per heavy atom. The molecule has 0 radical (unpaired) electrons. The average Bonchev–Trinajstić information content (AvgIpc) is 2.99. The van der Waals surface area contributed by atoms with Crippen LogP contribution >= 0.6 is 11.6 Å². The van der Waals surface area contributed by atoms with Crippen LogP contribution in [0.25, 0.3) is 0 Å². The second kappa shape index (κ2) is 6.49. The summed E-state index contributed by atoms with van der Waals surface area (Å²) in [6.07, 6.45) is 2.10. The Bertz CT molecular complexity index is 688. The average molecular weight is 318 g/mol. The van der Waals surface area contributed by atoms with Crippen LogP contribution in [0.15, 0.2) is 48.5 Å². The third-order valence-corrected chi connectivity index (χ3v) is 4.47. The van der Waals surface area contributed by atoms with Crippen LogP contribution in [0.5, 0.6) is 0 Å². The molecule has 0 spiro atoms. The first-order valence-electron chi connectivity index (χ1n) is 7.43. The number of halogens is 2. The van der Waals surface area contributed by atoms with Crippen molar-refractivity contribution in [3.05, 3.63) is 70.5 Å². The molecule has 1 aliphatic rings. The number of nitrogens with zero attached hydrogens (tertiary/aromatic N) is 1. The SMILES string of the molecule is O=C(Cc1ccccc1Cl)N1CCC[C@H]1c1cccc(F)c1. The topological polar surface area (TPSA) is 20.3 Å². The van der Waals surface area contributed by atoms with Crippen LogP contribution < -0.4 is 0 Å². The molecule has 1 heterocycles. The zero-order valence-corrected chi connectivity index (χ0v) is 12.9. The van der Waals surface area contributed by atoms with Gasteiger partial charge in [0.1, 0.15) is 5.82 Å². The van der Waals surface area contributed by atoms with E-state index in [1.54, 1.807) is 12.1 Å². The number of benzene rings is 2. The number of carbonyl (C=O) groups excluding carboxylic acids is 1. The lowest BCUT2D eigenvalue weighted by Crippen LogP contribution is -2.31. The summed E-state index contributed by atoms with van der Waals surface area (Å²) >= 11 is 6.13. The highest BCUT2D eigenvalue weighted by Gasteiger charge is 2.30. The zero-order valence-electron chi connectivity index (χ0n) is 12.1. The van der Waals surface area contributed by atoms with E-state index in [-0.39, 0.29) is 24.2 Å². The lowest BCUT2D eigenvalue weighted by molar-refractivity contribution is -0.131. The largest absolute Gasteiger partial charge is 0.335 e. The zero-order chi connectivity index (χ0) is 15.5. The van der Waals surface area contributed by atoms with E-state index in [2.05, 4.69) is 0 Å². The van der Waals surface area contributed by atoms with Crippen LogP contribution in [0, 0.1) is 5.82 Å². The third kappa shape index (κ3) is 3.14. The van der Waals surface area contributed by atoms with E-state index in [1.807, 2.05) is 29.2 Å². The van der Waals surface area contributed by atoms with E-state index >= 15 is 0 Å². The summed E-state index contributed by atoms with van der Waals surface area (Å²) < 4.78 is 13.4. The molecule has 22 heavy (non-hydrogen) atoms. The summed E-state index contributed by atoms with van der Waals surface area (Å²) in [5.41, 5.74) is 1.70. The molecule has 1 fully saturated rings. The van der Waals surface area contributed by atoms with Crippen molar-refractivity contribution in [1.29, 1.82) is 0 Å². The molecule has 1 atom stereocenters. The summed E-state index contributed by atoms with van der Waals surface area (Å²) in [7, 11) is 0. The van der Waals surface area contributed by atoms with Gasteiger partial charge in [0, 0.05) is 11.6 Å². The van der Waals surface area contributed by atoms with Crippen molar-refractivity contribution in [2.75, 3.05) is 6.54 Å². The van der Waals surface area contributed by atoms with Crippen LogP contribution in [0.4, 0.5) is 4.39 Å². The second-order valence-electron chi connectivity index (χ2n) is 5.57. The van der Waals surface area contributed by atoms with Crippen molar-refractivity contribution in [1.82, 2.24) is 4.90 Å². The van der Waals surface area contributed by atoms with Gasteiger partial charge >= 0.3 is 0 Å². The standard InChI is InChI=1S/C18H17ClFNO/c19-16-8-2-1-5-13(16)12-18(22)21-10-4-9-17(21)14-6-3-7-15(20)11-14/h1-3,5-8,11,17H,4,9-10,12H2/t17-/m0/s1. The fraction of sp³-hybridized carbons (Fsp3) is 0.278. The Labute approximate surface area is 134 Å². The molecule has 1 amide bonds. The first-order valence-corrected chi connectivity index (χ1v) is 7.81. The molecule has 0 aliphatic carbocycles. The fourth-order valence-corrected chi connectivity index (χ4v) is 3.23. The predicted molar refractivity (Wildman–Crippen MR) is 85.2 cm³/mol. The van der Waals surface area contributed by atoms with Gasteiger partial charge in [-0.1, -0.05) is 41.9 Å². The summed E-state index contributed by atoms with van der Waals surface area (Å²) in [6.45, 7) is 0.713. The van der Waals surface area contributed by atoms with Crippen molar-refractivity contribution in [3.63, 3.8) is 0 Å². The molecule has 0 N–H and O–H groups in total. The summed E-state index contributed by atoms with van der Waals surface area (Å²) in [5.74, 6) is -0.220. The smallest absolute Gasteiger partial charge is 0.227 e. The van der Waals surface area contributed by atoms with Gasteiger partial charge in [-0.15, -0.1) is 0 Å². The lowest BCUT2D eigenvalue weighted by Gasteiger charge is -2.25. The van der Waals surface area contributed by atoms with Crippen molar-refractivity contribution in [3.8, 4) is 0 Å². The van der Waals surface area contributed by atoms with Gasteiger partial charge in [0.05, 0.1) is 12.5 Å². The highest BCUT2D eigenvalue weighted by molar-refractivity contribution is 6.31. The van der Waals surface area contributed by atoms with E-state index in [0.29, 0.717) is 11.6 Å². The van der Waals surface area contributed by atoms with Gasteiger partial charge < -0.3 is 4.90 Å². The molecule has 0 bridgehead atoms. The van der Waals surface area contributed by atoms with Crippen molar-refractivity contribution in [2.45, 2.75) is 25.3 Å². The maximum Gasteiger partial charge on any atom is 0.227 e. The minimum atomic E-state index is -0.261. The van der Waals surface area contributed by atoms with Crippen molar-refractivity contribution < 1.29 is 9.18 Å².